The standard InChI is InChI=1S/C15H21N5.HI/c1-12-6-4-5-7-13(12)10-17-15(16-2)18-11-14-8-9-19-20(14)3;/h4-9H,10-11H2,1-3H3,(H2,16,17,18);1H. The molecular formula is C15H22IN5. The second-order valence-corrected chi connectivity index (χ2v) is 4.65. The number of nitrogens with zero attached hydrogens (tertiary/aromatic N) is 3. The third-order valence-electron chi connectivity index (χ3n) is 3.29. The molecule has 0 fully saturated rings. The quantitative estimate of drug-likeness (QED) is 0.471. The summed E-state index contributed by atoms with van der Waals surface area (Å²) in [5, 5.41) is 10.7. The van der Waals surface area contributed by atoms with Gasteiger partial charge in [-0.05, 0) is 24.1 Å². The minimum Gasteiger partial charge on any atom is -0.352 e. The highest BCUT2D eigenvalue weighted by Crippen LogP contribution is 2.05. The summed E-state index contributed by atoms with van der Waals surface area (Å²) < 4.78 is 1.85. The van der Waals surface area contributed by atoms with Crippen LogP contribution in [-0.2, 0) is 20.1 Å². The molecule has 0 aliphatic heterocycles. The van der Waals surface area contributed by atoms with Crippen LogP contribution in [0.4, 0.5) is 0 Å². The van der Waals surface area contributed by atoms with Crippen LogP contribution in [0.5, 0.6) is 0 Å². The van der Waals surface area contributed by atoms with Gasteiger partial charge in [0.15, 0.2) is 5.96 Å². The molecule has 0 atom stereocenters. The molecule has 0 aliphatic carbocycles. The summed E-state index contributed by atoms with van der Waals surface area (Å²) in [4.78, 5) is 4.23. The zero-order valence-corrected chi connectivity index (χ0v) is 15.0. The first-order valence-electron chi connectivity index (χ1n) is 6.66. The van der Waals surface area contributed by atoms with Gasteiger partial charge in [0.2, 0.25) is 0 Å². The minimum absolute atomic E-state index is 0. The number of nitrogens with one attached hydrogen (secondary N) is 2. The molecule has 21 heavy (non-hydrogen) atoms. The highest BCUT2D eigenvalue weighted by molar-refractivity contribution is 14.0. The Labute approximate surface area is 142 Å². The smallest absolute Gasteiger partial charge is 0.191 e. The van der Waals surface area contributed by atoms with Gasteiger partial charge in [-0.3, -0.25) is 9.67 Å². The predicted octanol–water partition coefficient (Wildman–Crippen LogP) is 2.21. The van der Waals surface area contributed by atoms with Crippen molar-refractivity contribution in [2.75, 3.05) is 7.05 Å². The molecule has 1 aromatic carbocycles. The molecule has 2 rings (SSSR count). The maximum absolute atomic E-state index is 4.23. The fourth-order valence-corrected chi connectivity index (χ4v) is 1.96. The number of aromatic nitrogens is 2. The number of benzene rings is 1. The van der Waals surface area contributed by atoms with Gasteiger partial charge in [0, 0.05) is 26.8 Å². The molecular weight excluding hydrogens is 377 g/mol. The maximum atomic E-state index is 4.23. The first kappa shape index (κ1) is 17.5. The van der Waals surface area contributed by atoms with E-state index in [-0.39, 0.29) is 24.0 Å². The van der Waals surface area contributed by atoms with E-state index in [0.29, 0.717) is 6.54 Å². The first-order chi connectivity index (χ1) is 9.70. The molecule has 5 nitrogen and oxygen atoms in total. The fraction of sp³-hybridized carbons (Fsp3) is 0.333. The van der Waals surface area contributed by atoms with E-state index in [4.69, 9.17) is 0 Å². The van der Waals surface area contributed by atoms with Crippen molar-refractivity contribution in [1.82, 2.24) is 20.4 Å². The van der Waals surface area contributed by atoms with Crippen molar-refractivity contribution >= 4 is 29.9 Å². The van der Waals surface area contributed by atoms with Gasteiger partial charge in [-0.1, -0.05) is 24.3 Å². The van der Waals surface area contributed by atoms with Gasteiger partial charge in [0.05, 0.1) is 12.2 Å². The molecule has 0 amide bonds. The van der Waals surface area contributed by atoms with Crippen molar-refractivity contribution in [3.8, 4) is 0 Å². The van der Waals surface area contributed by atoms with E-state index in [9.17, 15) is 0 Å². The number of guanidine groups is 1. The molecule has 0 saturated heterocycles. The van der Waals surface area contributed by atoms with E-state index < -0.39 is 0 Å². The molecule has 2 aromatic rings. The summed E-state index contributed by atoms with van der Waals surface area (Å²) in [6, 6.07) is 10.3. The number of rotatable bonds is 4. The van der Waals surface area contributed by atoms with E-state index in [1.165, 1.54) is 11.1 Å². The lowest BCUT2D eigenvalue weighted by Gasteiger charge is -2.13. The molecule has 0 spiro atoms. The van der Waals surface area contributed by atoms with Crippen LogP contribution in [0.1, 0.15) is 16.8 Å². The normalized spacial score (nSPS) is 10.9. The van der Waals surface area contributed by atoms with Crippen LogP contribution < -0.4 is 10.6 Å². The summed E-state index contributed by atoms with van der Waals surface area (Å²) in [5.74, 6) is 0.787. The van der Waals surface area contributed by atoms with Gasteiger partial charge < -0.3 is 10.6 Å². The molecule has 1 heterocycles. The zero-order valence-electron chi connectivity index (χ0n) is 12.6. The SMILES string of the molecule is CN=C(NCc1ccccc1C)NCc1ccnn1C.I. The van der Waals surface area contributed by atoms with E-state index in [1.54, 1.807) is 13.2 Å². The highest BCUT2D eigenvalue weighted by atomic mass is 127. The topological polar surface area (TPSA) is 54.2 Å². The van der Waals surface area contributed by atoms with Crippen molar-refractivity contribution < 1.29 is 0 Å². The Balaban J connectivity index is 0.00000220. The van der Waals surface area contributed by atoms with Crippen LogP contribution in [0, 0.1) is 6.92 Å². The van der Waals surface area contributed by atoms with Crippen LogP contribution in [-0.4, -0.2) is 22.8 Å². The maximum Gasteiger partial charge on any atom is 0.191 e. The summed E-state index contributed by atoms with van der Waals surface area (Å²) >= 11 is 0. The second-order valence-electron chi connectivity index (χ2n) is 4.65. The van der Waals surface area contributed by atoms with Gasteiger partial charge in [-0.15, -0.1) is 24.0 Å². The Bertz CT molecular complexity index is 591. The molecule has 0 radical (unpaired) electrons. The van der Waals surface area contributed by atoms with Crippen molar-refractivity contribution in [3.05, 3.63) is 53.3 Å². The van der Waals surface area contributed by atoms with Gasteiger partial charge in [-0.25, -0.2) is 0 Å². The third kappa shape index (κ3) is 5.04. The Morgan fingerprint density at radius 2 is 1.90 bits per heavy atom. The molecule has 2 N–H and O–H groups in total. The second kappa shape index (κ2) is 8.66. The monoisotopic (exact) mass is 399 g/mol. The van der Waals surface area contributed by atoms with Crippen LogP contribution in [0.3, 0.4) is 0 Å². The molecule has 0 bridgehead atoms. The van der Waals surface area contributed by atoms with E-state index in [2.05, 4.69) is 45.8 Å². The molecule has 0 unspecified atom stereocenters. The summed E-state index contributed by atoms with van der Waals surface area (Å²) in [7, 11) is 3.71. The van der Waals surface area contributed by atoms with Crippen LogP contribution >= 0.6 is 24.0 Å². The minimum atomic E-state index is 0. The third-order valence-corrected chi connectivity index (χ3v) is 3.29. The fourth-order valence-electron chi connectivity index (χ4n) is 1.96. The lowest BCUT2D eigenvalue weighted by atomic mass is 10.1. The van der Waals surface area contributed by atoms with E-state index >= 15 is 0 Å². The average molecular weight is 399 g/mol. The van der Waals surface area contributed by atoms with Crippen molar-refractivity contribution in [1.29, 1.82) is 0 Å². The van der Waals surface area contributed by atoms with Gasteiger partial charge in [0.25, 0.3) is 0 Å². The molecule has 114 valence electrons. The number of aliphatic imine (C=N–C) groups is 1. The number of aryl methyl sites for hydroxylation is 2. The number of halogens is 1. The van der Waals surface area contributed by atoms with Crippen LogP contribution in [0.15, 0.2) is 41.5 Å². The van der Waals surface area contributed by atoms with Crippen molar-refractivity contribution in [2.45, 2.75) is 20.0 Å². The Morgan fingerprint density at radius 3 is 2.52 bits per heavy atom. The summed E-state index contributed by atoms with van der Waals surface area (Å²) in [5.41, 5.74) is 3.67. The molecule has 1 aromatic heterocycles. The number of hydrogen-bond acceptors (Lipinski definition) is 2. The zero-order chi connectivity index (χ0) is 14.4. The largest absolute Gasteiger partial charge is 0.352 e. The van der Waals surface area contributed by atoms with Crippen LogP contribution in [0.25, 0.3) is 0 Å². The molecule has 0 aliphatic rings. The van der Waals surface area contributed by atoms with Crippen molar-refractivity contribution in [3.63, 3.8) is 0 Å². The number of hydrogen-bond donors (Lipinski definition) is 2. The van der Waals surface area contributed by atoms with Gasteiger partial charge in [0.1, 0.15) is 0 Å². The molecule has 6 heteroatoms. The van der Waals surface area contributed by atoms with E-state index in [1.807, 2.05) is 23.9 Å². The van der Waals surface area contributed by atoms with Gasteiger partial charge >= 0.3 is 0 Å². The first-order valence-corrected chi connectivity index (χ1v) is 6.66. The molecule has 0 saturated carbocycles. The van der Waals surface area contributed by atoms with Crippen LogP contribution in [0.2, 0.25) is 0 Å². The van der Waals surface area contributed by atoms with E-state index in [0.717, 1.165) is 18.2 Å². The average Bonchev–Trinajstić information content (AvgIpc) is 2.86. The lowest BCUT2D eigenvalue weighted by Crippen LogP contribution is -2.36. The summed E-state index contributed by atoms with van der Waals surface area (Å²) in [6.45, 7) is 3.57. The lowest BCUT2D eigenvalue weighted by molar-refractivity contribution is 0.684. The highest BCUT2D eigenvalue weighted by Gasteiger charge is 2.02. The van der Waals surface area contributed by atoms with Crippen molar-refractivity contribution in [2.24, 2.45) is 12.0 Å². The van der Waals surface area contributed by atoms with Gasteiger partial charge in [-0.2, -0.15) is 5.10 Å². The Kier molecular flexibility index (Phi) is 7.21. The predicted molar refractivity (Wildman–Crippen MR) is 96.8 cm³/mol. The Morgan fingerprint density at radius 1 is 1.19 bits per heavy atom. The Hall–Kier alpha value is -1.57. The summed E-state index contributed by atoms with van der Waals surface area (Å²) in [6.07, 6.45) is 1.79.